The summed E-state index contributed by atoms with van der Waals surface area (Å²) in [6, 6.07) is 16.9. The van der Waals surface area contributed by atoms with Crippen LogP contribution in [0.25, 0.3) is 0 Å². The molecule has 28 heavy (non-hydrogen) atoms. The fraction of sp³-hybridized carbons (Fsp3) is 0.143. The second kappa shape index (κ2) is 8.33. The molecular weight excluding hydrogens is 374 g/mol. The Labute approximate surface area is 164 Å². The quantitative estimate of drug-likeness (QED) is 0.669. The van der Waals surface area contributed by atoms with Crippen molar-refractivity contribution in [1.82, 2.24) is 9.71 Å². The molecule has 0 aliphatic heterocycles. The summed E-state index contributed by atoms with van der Waals surface area (Å²) in [5.74, 6) is -0.369. The molecule has 3 rings (SSSR count). The number of rotatable bonds is 6. The molecule has 7 heteroatoms. The van der Waals surface area contributed by atoms with E-state index in [0.29, 0.717) is 11.4 Å². The normalized spacial score (nSPS) is 11.2. The minimum atomic E-state index is -3.77. The maximum Gasteiger partial charge on any atom is 0.255 e. The Hall–Kier alpha value is -3.03. The zero-order valence-corrected chi connectivity index (χ0v) is 16.5. The van der Waals surface area contributed by atoms with Crippen molar-refractivity contribution in [2.75, 3.05) is 5.32 Å². The van der Waals surface area contributed by atoms with Crippen molar-refractivity contribution in [3.8, 4) is 0 Å². The number of sulfonamides is 1. The van der Waals surface area contributed by atoms with Gasteiger partial charge in [-0.2, -0.15) is 0 Å². The molecule has 0 aliphatic rings. The maximum atomic E-state index is 12.6. The Kier molecular flexibility index (Phi) is 5.87. The van der Waals surface area contributed by atoms with Gasteiger partial charge >= 0.3 is 0 Å². The summed E-state index contributed by atoms with van der Waals surface area (Å²) in [6.45, 7) is 3.97. The Morgan fingerprint density at radius 2 is 1.71 bits per heavy atom. The van der Waals surface area contributed by atoms with Gasteiger partial charge in [-0.15, -0.1) is 0 Å². The van der Waals surface area contributed by atoms with Crippen molar-refractivity contribution >= 4 is 21.6 Å². The van der Waals surface area contributed by atoms with Crippen molar-refractivity contribution in [3.05, 3.63) is 89.2 Å². The van der Waals surface area contributed by atoms with Crippen molar-refractivity contribution in [2.45, 2.75) is 25.3 Å². The molecule has 0 spiro atoms. The van der Waals surface area contributed by atoms with Crippen LogP contribution in [0.4, 0.5) is 5.69 Å². The van der Waals surface area contributed by atoms with Crippen LogP contribution in [0.3, 0.4) is 0 Å². The number of carbonyl (C=O) groups is 1. The van der Waals surface area contributed by atoms with Crippen LogP contribution in [0.1, 0.15) is 27.2 Å². The van der Waals surface area contributed by atoms with E-state index < -0.39 is 10.0 Å². The number of nitrogens with zero attached hydrogens (tertiary/aromatic N) is 1. The number of nitrogens with one attached hydrogen (secondary N) is 2. The van der Waals surface area contributed by atoms with Gasteiger partial charge in [0, 0.05) is 17.4 Å². The molecule has 0 aliphatic carbocycles. The molecule has 144 valence electrons. The molecule has 0 bridgehead atoms. The molecule has 6 nitrogen and oxygen atoms in total. The van der Waals surface area contributed by atoms with Crippen molar-refractivity contribution in [1.29, 1.82) is 0 Å². The number of hydrogen-bond acceptors (Lipinski definition) is 4. The molecule has 0 saturated heterocycles. The molecule has 0 unspecified atom stereocenters. The lowest BCUT2D eigenvalue weighted by Gasteiger charge is -2.10. The van der Waals surface area contributed by atoms with E-state index in [0.717, 1.165) is 11.1 Å². The molecule has 0 atom stereocenters. The number of aryl methyl sites for hydroxylation is 2. The summed E-state index contributed by atoms with van der Waals surface area (Å²) in [6.07, 6.45) is 1.60. The van der Waals surface area contributed by atoms with Crippen LogP contribution in [0.2, 0.25) is 0 Å². The number of anilines is 1. The van der Waals surface area contributed by atoms with E-state index in [9.17, 15) is 13.2 Å². The molecule has 0 radical (unpaired) electrons. The number of hydrogen-bond donors (Lipinski definition) is 2. The second-order valence-corrected chi connectivity index (χ2v) is 8.27. The lowest BCUT2D eigenvalue weighted by molar-refractivity contribution is 0.102. The van der Waals surface area contributed by atoms with Gasteiger partial charge in [0.1, 0.15) is 0 Å². The monoisotopic (exact) mass is 395 g/mol. The van der Waals surface area contributed by atoms with Crippen LogP contribution in [0, 0.1) is 13.8 Å². The van der Waals surface area contributed by atoms with Gasteiger partial charge < -0.3 is 5.32 Å². The van der Waals surface area contributed by atoms with Gasteiger partial charge in [0.25, 0.3) is 5.91 Å². The number of pyridine rings is 1. The van der Waals surface area contributed by atoms with E-state index in [1.807, 2.05) is 32.0 Å². The first-order valence-electron chi connectivity index (χ1n) is 8.73. The predicted molar refractivity (Wildman–Crippen MR) is 109 cm³/mol. The molecule has 1 heterocycles. The highest BCUT2D eigenvalue weighted by Gasteiger charge is 2.16. The van der Waals surface area contributed by atoms with Crippen LogP contribution in [-0.4, -0.2) is 19.3 Å². The zero-order chi connectivity index (χ0) is 20.1. The van der Waals surface area contributed by atoms with Crippen LogP contribution < -0.4 is 10.0 Å². The highest BCUT2D eigenvalue weighted by molar-refractivity contribution is 7.89. The van der Waals surface area contributed by atoms with E-state index >= 15 is 0 Å². The number of aromatic nitrogens is 1. The first-order valence-corrected chi connectivity index (χ1v) is 10.2. The molecular formula is C21H21N3O3S. The van der Waals surface area contributed by atoms with Gasteiger partial charge in [-0.25, -0.2) is 13.1 Å². The van der Waals surface area contributed by atoms with Crippen molar-refractivity contribution < 1.29 is 13.2 Å². The zero-order valence-electron chi connectivity index (χ0n) is 15.6. The van der Waals surface area contributed by atoms with Crippen LogP contribution in [0.15, 0.2) is 71.8 Å². The molecule has 1 aromatic heterocycles. The number of benzene rings is 2. The van der Waals surface area contributed by atoms with Crippen LogP contribution in [0.5, 0.6) is 0 Å². The summed E-state index contributed by atoms with van der Waals surface area (Å²) in [4.78, 5) is 16.7. The number of carbonyl (C=O) groups excluding carboxylic acids is 1. The van der Waals surface area contributed by atoms with Gasteiger partial charge in [-0.1, -0.05) is 18.2 Å². The summed E-state index contributed by atoms with van der Waals surface area (Å²) in [7, 11) is -3.77. The van der Waals surface area contributed by atoms with E-state index in [4.69, 9.17) is 0 Å². The average Bonchev–Trinajstić information content (AvgIpc) is 2.66. The third kappa shape index (κ3) is 5.03. The fourth-order valence-corrected chi connectivity index (χ4v) is 3.85. The summed E-state index contributed by atoms with van der Waals surface area (Å²) < 4.78 is 27.6. The second-order valence-electron chi connectivity index (χ2n) is 6.50. The Bertz CT molecular complexity index is 1080. The Morgan fingerprint density at radius 1 is 0.964 bits per heavy atom. The molecule has 0 fully saturated rings. The van der Waals surface area contributed by atoms with Crippen LogP contribution in [-0.2, 0) is 16.6 Å². The molecule has 3 aromatic rings. The van der Waals surface area contributed by atoms with E-state index in [1.165, 1.54) is 12.1 Å². The summed E-state index contributed by atoms with van der Waals surface area (Å²) in [5, 5.41) is 2.81. The summed E-state index contributed by atoms with van der Waals surface area (Å²) in [5.41, 5.74) is 3.61. The minimum absolute atomic E-state index is 0.0245. The SMILES string of the molecule is Cc1cc(C)cc(NC(=O)c2cccc(S(=O)(=O)NCc3ccccn3)c2)c1. The lowest BCUT2D eigenvalue weighted by Crippen LogP contribution is -2.24. The standard InChI is InChI=1S/C21H21N3O3S/c1-15-10-16(2)12-19(11-15)24-21(25)17-6-5-8-20(13-17)28(26,27)23-14-18-7-3-4-9-22-18/h3-13,23H,14H2,1-2H3,(H,24,25). The molecule has 0 saturated carbocycles. The highest BCUT2D eigenvalue weighted by atomic mass is 32.2. The molecule has 2 aromatic carbocycles. The lowest BCUT2D eigenvalue weighted by atomic mass is 10.1. The summed E-state index contributed by atoms with van der Waals surface area (Å²) >= 11 is 0. The van der Waals surface area contributed by atoms with E-state index in [-0.39, 0.29) is 22.9 Å². The van der Waals surface area contributed by atoms with Gasteiger partial charge in [-0.05, 0) is 67.4 Å². The predicted octanol–water partition coefficient (Wildman–Crippen LogP) is 3.43. The Balaban J connectivity index is 1.76. The topological polar surface area (TPSA) is 88.2 Å². The van der Waals surface area contributed by atoms with Gasteiger partial charge in [0.15, 0.2) is 0 Å². The fourth-order valence-electron chi connectivity index (χ4n) is 2.81. The average molecular weight is 395 g/mol. The largest absolute Gasteiger partial charge is 0.322 e. The minimum Gasteiger partial charge on any atom is -0.322 e. The van der Waals surface area contributed by atoms with Gasteiger partial charge in [0.05, 0.1) is 17.1 Å². The van der Waals surface area contributed by atoms with Gasteiger partial charge in [-0.3, -0.25) is 9.78 Å². The highest BCUT2D eigenvalue weighted by Crippen LogP contribution is 2.17. The first-order chi connectivity index (χ1) is 13.3. The van der Waals surface area contributed by atoms with E-state index in [2.05, 4.69) is 15.0 Å². The third-order valence-electron chi connectivity index (χ3n) is 4.06. The number of amides is 1. The van der Waals surface area contributed by atoms with Crippen LogP contribution >= 0.6 is 0 Å². The molecule has 1 amide bonds. The van der Waals surface area contributed by atoms with E-state index in [1.54, 1.807) is 36.5 Å². The molecule has 2 N–H and O–H groups in total. The maximum absolute atomic E-state index is 12.6. The van der Waals surface area contributed by atoms with Gasteiger partial charge in [0.2, 0.25) is 10.0 Å². The third-order valence-corrected chi connectivity index (χ3v) is 5.45. The van der Waals surface area contributed by atoms with Crippen molar-refractivity contribution in [2.24, 2.45) is 0 Å². The first kappa shape index (κ1) is 19.7. The Morgan fingerprint density at radius 3 is 2.39 bits per heavy atom. The van der Waals surface area contributed by atoms with Crippen molar-refractivity contribution in [3.63, 3.8) is 0 Å². The smallest absolute Gasteiger partial charge is 0.255 e.